The number of benzene rings is 2. The van der Waals surface area contributed by atoms with Crippen LogP contribution < -0.4 is 21.9 Å². The Morgan fingerprint density at radius 1 is 0.961 bits per heavy atom. The number of nitrogens with two attached hydrogens (primary N) is 1. The number of carbonyl (C=O) groups is 4. The van der Waals surface area contributed by atoms with E-state index in [0.717, 1.165) is 30.4 Å². The second-order valence-electron chi connectivity index (χ2n) is 11.6. The Morgan fingerprint density at radius 2 is 1.65 bits per heavy atom. The highest BCUT2D eigenvalue weighted by molar-refractivity contribution is 6.32. The van der Waals surface area contributed by atoms with E-state index in [2.05, 4.69) is 49.6 Å². The Bertz CT molecular complexity index is 1860. The summed E-state index contributed by atoms with van der Waals surface area (Å²) >= 11 is 6.43. The average Bonchev–Trinajstić information content (AvgIpc) is 3.11. The molecule has 0 bridgehead atoms. The molecule has 0 atom stereocenters. The molecule has 12 nitrogen and oxygen atoms in total. The van der Waals surface area contributed by atoms with Crippen LogP contribution in [0.4, 0.5) is 10.6 Å². The third kappa shape index (κ3) is 13.6. The summed E-state index contributed by atoms with van der Waals surface area (Å²) in [5.74, 6) is 5.65. The van der Waals surface area contributed by atoms with Crippen molar-refractivity contribution in [3.63, 3.8) is 0 Å². The number of anilines is 1. The first-order chi connectivity index (χ1) is 24.3. The smallest absolute Gasteiger partial charge is 0.426 e. The molecular formula is C38H45ClN6O6. The molecule has 2 heterocycles. The average molecular weight is 717 g/mol. The van der Waals surface area contributed by atoms with Crippen LogP contribution in [-0.2, 0) is 14.3 Å². The van der Waals surface area contributed by atoms with Gasteiger partial charge in [0.2, 0.25) is 0 Å². The summed E-state index contributed by atoms with van der Waals surface area (Å²) in [6, 6.07) is 15.5. The number of unbranched alkanes of at least 4 members (excludes halogenated alkanes) is 2. The number of fused-ring (bicyclic) bond motifs is 1. The zero-order valence-corrected chi connectivity index (χ0v) is 30.7. The number of methoxy groups -OCH3 is 1. The molecule has 4 aromatic rings. The third-order valence-electron chi connectivity index (χ3n) is 6.55. The molecule has 0 saturated carbocycles. The number of hydrogen-bond donors (Lipinski definition) is 4. The van der Waals surface area contributed by atoms with Crippen LogP contribution in [0.3, 0.4) is 0 Å². The third-order valence-corrected chi connectivity index (χ3v) is 6.87. The highest BCUT2D eigenvalue weighted by Crippen LogP contribution is 2.26. The molecule has 51 heavy (non-hydrogen) atoms. The number of amides is 3. The molecule has 13 heteroatoms. The number of nitrogens with one attached hydrogen (secondary N) is 3. The zero-order chi connectivity index (χ0) is 38.0. The number of hydrazine groups is 1. The normalized spacial score (nSPS) is 10.1. The Hall–Kier alpha value is -5.67. The zero-order valence-electron chi connectivity index (χ0n) is 30.0. The van der Waals surface area contributed by atoms with Crippen molar-refractivity contribution in [2.75, 3.05) is 19.4 Å². The monoisotopic (exact) mass is 716 g/mol. The number of nitrogen functional groups attached to an aromatic ring is 1. The van der Waals surface area contributed by atoms with Crippen LogP contribution in [0, 0.1) is 11.8 Å². The lowest BCUT2D eigenvalue weighted by atomic mass is 10.0. The molecule has 0 aliphatic heterocycles. The van der Waals surface area contributed by atoms with E-state index < -0.39 is 17.6 Å². The minimum atomic E-state index is -0.797. The van der Waals surface area contributed by atoms with Crippen LogP contribution in [0.25, 0.3) is 22.2 Å². The molecule has 0 radical (unpaired) electrons. The number of aromatic nitrogens is 2. The number of ether oxygens (including phenoxy) is 2. The Balaban J connectivity index is 0.00000140. The minimum Gasteiger partial charge on any atom is -0.471 e. The lowest BCUT2D eigenvalue weighted by Gasteiger charge is -2.20. The first-order valence-electron chi connectivity index (χ1n) is 16.4. The lowest BCUT2D eigenvalue weighted by Crippen LogP contribution is -2.44. The summed E-state index contributed by atoms with van der Waals surface area (Å²) in [6.45, 7) is 12.3. The van der Waals surface area contributed by atoms with E-state index in [-0.39, 0.29) is 17.3 Å². The molecule has 0 fully saturated rings. The fourth-order valence-corrected chi connectivity index (χ4v) is 4.48. The van der Waals surface area contributed by atoms with Crippen LogP contribution in [0.1, 0.15) is 92.6 Å². The quantitative estimate of drug-likeness (QED) is 0.0659. The first kappa shape index (κ1) is 41.5. The highest BCUT2D eigenvalue weighted by Gasteiger charge is 2.19. The summed E-state index contributed by atoms with van der Waals surface area (Å²) in [5.41, 5.74) is 13.5. The van der Waals surface area contributed by atoms with Crippen molar-refractivity contribution in [1.82, 2.24) is 26.1 Å². The van der Waals surface area contributed by atoms with Gasteiger partial charge in [-0.25, -0.2) is 20.2 Å². The molecular weight excluding hydrogens is 672 g/mol. The van der Waals surface area contributed by atoms with Crippen LogP contribution in [0.5, 0.6) is 0 Å². The van der Waals surface area contributed by atoms with Crippen molar-refractivity contribution in [3.05, 3.63) is 88.1 Å². The predicted octanol–water partition coefficient (Wildman–Crippen LogP) is 6.84. The minimum absolute atomic E-state index is 0.163. The maximum atomic E-state index is 13.1. The number of nitrogens with zero attached hydrogens (tertiary/aromatic N) is 2. The molecule has 0 aliphatic rings. The van der Waals surface area contributed by atoms with Crippen LogP contribution in [0.15, 0.2) is 60.8 Å². The van der Waals surface area contributed by atoms with Gasteiger partial charge in [-0.1, -0.05) is 69.2 Å². The fourth-order valence-electron chi connectivity index (χ4n) is 4.25. The van der Waals surface area contributed by atoms with E-state index in [4.69, 9.17) is 26.9 Å². The predicted molar refractivity (Wildman–Crippen MR) is 200 cm³/mol. The van der Waals surface area contributed by atoms with Gasteiger partial charge in [-0.2, -0.15) is 0 Å². The molecule has 270 valence electrons. The molecule has 3 amide bonds. The maximum Gasteiger partial charge on any atom is 0.426 e. The Morgan fingerprint density at radius 3 is 2.25 bits per heavy atom. The van der Waals surface area contributed by atoms with E-state index in [1.807, 2.05) is 38.1 Å². The summed E-state index contributed by atoms with van der Waals surface area (Å²) in [7, 11) is 1.31. The van der Waals surface area contributed by atoms with Crippen molar-refractivity contribution in [3.8, 4) is 23.1 Å². The summed E-state index contributed by atoms with van der Waals surface area (Å²) in [4.78, 5) is 55.3. The van der Waals surface area contributed by atoms with Gasteiger partial charge < -0.3 is 20.5 Å². The number of halogens is 1. The van der Waals surface area contributed by atoms with Gasteiger partial charge >= 0.3 is 6.09 Å². The molecule has 2 aromatic carbocycles. The largest absolute Gasteiger partial charge is 0.471 e. The van der Waals surface area contributed by atoms with Gasteiger partial charge in [0.15, 0.2) is 0 Å². The van der Waals surface area contributed by atoms with Crippen LogP contribution in [-0.4, -0.2) is 53.6 Å². The SMILES string of the molecule is CC.CCCCCNC(=O)c1ccc(C#Cc2ccc(-c3cc(C(=O)NNC(=O)OC(C)(C)C)c4cnc(N)cc4n3)cc2)c(Cl)c1.COC=O. The Kier molecular flexibility index (Phi) is 16.9. The topological polar surface area (TPSA) is 175 Å². The molecule has 0 aliphatic carbocycles. The van der Waals surface area contributed by atoms with E-state index >= 15 is 0 Å². The molecule has 0 spiro atoms. The molecule has 5 N–H and O–H groups in total. The van der Waals surface area contributed by atoms with Crippen molar-refractivity contribution in [2.24, 2.45) is 0 Å². The van der Waals surface area contributed by atoms with Crippen molar-refractivity contribution >= 4 is 52.7 Å². The molecule has 2 aromatic heterocycles. The maximum absolute atomic E-state index is 13.1. The highest BCUT2D eigenvalue weighted by atomic mass is 35.5. The van der Waals surface area contributed by atoms with Crippen molar-refractivity contribution < 1.29 is 28.7 Å². The van der Waals surface area contributed by atoms with Gasteiger partial charge in [0.05, 0.1) is 28.9 Å². The van der Waals surface area contributed by atoms with Crippen LogP contribution in [0.2, 0.25) is 5.02 Å². The summed E-state index contributed by atoms with van der Waals surface area (Å²) < 4.78 is 9.04. The molecule has 0 unspecified atom stereocenters. The van der Waals surface area contributed by atoms with Gasteiger partial charge in [0.25, 0.3) is 18.3 Å². The Labute approximate surface area is 303 Å². The summed E-state index contributed by atoms with van der Waals surface area (Å²) in [5, 5.41) is 3.75. The van der Waals surface area contributed by atoms with Crippen molar-refractivity contribution in [2.45, 2.75) is 66.4 Å². The van der Waals surface area contributed by atoms with Gasteiger partial charge in [0, 0.05) is 46.4 Å². The second-order valence-corrected chi connectivity index (χ2v) is 12.0. The van der Waals surface area contributed by atoms with E-state index in [1.54, 1.807) is 51.1 Å². The van der Waals surface area contributed by atoms with Gasteiger partial charge in [-0.15, -0.1) is 0 Å². The van der Waals surface area contributed by atoms with Gasteiger partial charge in [-0.3, -0.25) is 19.8 Å². The number of pyridine rings is 2. The number of carbonyl (C=O) groups excluding carboxylic acids is 4. The second kappa shape index (κ2) is 20.8. The van der Waals surface area contributed by atoms with Crippen LogP contribution >= 0.6 is 11.6 Å². The number of hydrogen-bond acceptors (Lipinski definition) is 9. The summed E-state index contributed by atoms with van der Waals surface area (Å²) in [6.07, 6.45) is 3.75. The number of rotatable bonds is 8. The first-order valence-corrected chi connectivity index (χ1v) is 16.7. The standard InChI is InChI=1S/C34H35ClN6O4.C2H4O2.C2H6/c1-5-6-7-16-37-31(42)24-15-14-22(27(35)17-24)11-8-21-9-12-23(13-10-21)28-18-25(26-20-38-30(36)19-29(26)39-28)32(43)40-41-33(44)45-34(2,3)4;1-4-2-3;1-2/h9-10,12-15,17-20H,5-7,16H2,1-4H3,(H2,36,38)(H,37,42)(H,40,43)(H,41,44);2H,1H3;1-2H3. The van der Waals surface area contributed by atoms with Crippen molar-refractivity contribution in [1.29, 1.82) is 0 Å². The van der Waals surface area contributed by atoms with E-state index in [9.17, 15) is 14.4 Å². The molecule has 4 rings (SSSR count). The van der Waals surface area contributed by atoms with E-state index in [0.29, 0.717) is 45.8 Å². The van der Waals surface area contributed by atoms with Gasteiger partial charge in [-0.05, 0) is 63.6 Å². The fraction of sp³-hybridized carbons (Fsp3) is 0.316. The van der Waals surface area contributed by atoms with Gasteiger partial charge in [0.1, 0.15) is 11.4 Å². The lowest BCUT2D eigenvalue weighted by molar-refractivity contribution is -0.126. The van der Waals surface area contributed by atoms with E-state index in [1.165, 1.54) is 13.3 Å². The molecule has 0 saturated heterocycles.